The van der Waals surface area contributed by atoms with Gasteiger partial charge in [-0.2, -0.15) is 0 Å². The van der Waals surface area contributed by atoms with Gasteiger partial charge in [-0.15, -0.1) is 0 Å². The molecular weight excluding hydrogens is 212 g/mol. The molecule has 0 aromatic heterocycles. The molecule has 1 aromatic rings. The highest BCUT2D eigenvalue weighted by Gasteiger charge is 2.16. The zero-order chi connectivity index (χ0) is 12.1. The Hall–Kier alpha value is -2.30. The standard InChI is InChI=1S/C11H10O5/c1-2-16-6-7-3-4-8(10(12)13)9(5-7)11(14)15/h2-5H,1,6H2,(H,12,13)(H,14,15). The van der Waals surface area contributed by atoms with Crippen LogP contribution in [0.3, 0.4) is 0 Å². The molecule has 1 aromatic carbocycles. The van der Waals surface area contributed by atoms with Crippen molar-refractivity contribution in [3.63, 3.8) is 0 Å². The maximum absolute atomic E-state index is 10.8. The van der Waals surface area contributed by atoms with E-state index in [9.17, 15) is 9.59 Å². The molecule has 0 spiro atoms. The number of benzene rings is 1. The molecular formula is C11H10O5. The second kappa shape index (κ2) is 4.97. The van der Waals surface area contributed by atoms with E-state index in [0.717, 1.165) is 0 Å². The zero-order valence-electron chi connectivity index (χ0n) is 8.34. The van der Waals surface area contributed by atoms with Crippen molar-refractivity contribution in [1.82, 2.24) is 0 Å². The lowest BCUT2D eigenvalue weighted by atomic mass is 10.0. The predicted octanol–water partition coefficient (Wildman–Crippen LogP) is 1.74. The van der Waals surface area contributed by atoms with Crippen molar-refractivity contribution in [2.45, 2.75) is 6.61 Å². The summed E-state index contributed by atoms with van der Waals surface area (Å²) in [5, 5.41) is 17.6. The Kier molecular flexibility index (Phi) is 3.66. The van der Waals surface area contributed by atoms with Crippen molar-refractivity contribution >= 4 is 11.9 Å². The van der Waals surface area contributed by atoms with Gasteiger partial charge in [-0.25, -0.2) is 9.59 Å². The minimum atomic E-state index is -1.28. The van der Waals surface area contributed by atoms with Crippen LogP contribution in [0.4, 0.5) is 0 Å². The molecule has 5 heteroatoms. The second-order valence-electron chi connectivity index (χ2n) is 2.97. The number of carboxylic acids is 2. The average molecular weight is 222 g/mol. The van der Waals surface area contributed by atoms with Gasteiger partial charge in [0.15, 0.2) is 0 Å². The lowest BCUT2D eigenvalue weighted by molar-refractivity contribution is 0.0651. The van der Waals surface area contributed by atoms with Crippen LogP contribution in [-0.2, 0) is 11.3 Å². The summed E-state index contributed by atoms with van der Waals surface area (Å²) in [7, 11) is 0. The number of aromatic carboxylic acids is 2. The van der Waals surface area contributed by atoms with E-state index in [4.69, 9.17) is 14.9 Å². The summed E-state index contributed by atoms with van der Waals surface area (Å²) in [6.45, 7) is 3.50. The first-order valence-electron chi connectivity index (χ1n) is 4.38. The van der Waals surface area contributed by atoms with Crippen LogP contribution in [0.25, 0.3) is 0 Å². The van der Waals surface area contributed by atoms with Crippen molar-refractivity contribution in [3.8, 4) is 0 Å². The average Bonchev–Trinajstić information content (AvgIpc) is 2.25. The van der Waals surface area contributed by atoms with Gasteiger partial charge < -0.3 is 14.9 Å². The monoisotopic (exact) mass is 222 g/mol. The van der Waals surface area contributed by atoms with Crippen LogP contribution in [0.5, 0.6) is 0 Å². The third-order valence-electron chi connectivity index (χ3n) is 1.91. The highest BCUT2D eigenvalue weighted by Crippen LogP contribution is 2.13. The van der Waals surface area contributed by atoms with Gasteiger partial charge >= 0.3 is 11.9 Å². The van der Waals surface area contributed by atoms with Crippen LogP contribution < -0.4 is 0 Å². The maximum atomic E-state index is 10.8. The van der Waals surface area contributed by atoms with E-state index in [1.165, 1.54) is 24.5 Å². The Balaban J connectivity index is 3.12. The first-order valence-corrected chi connectivity index (χ1v) is 4.38. The normalized spacial score (nSPS) is 9.50. The third kappa shape index (κ3) is 2.60. The summed E-state index contributed by atoms with van der Waals surface area (Å²) in [6.07, 6.45) is 1.23. The first kappa shape index (κ1) is 11.8. The van der Waals surface area contributed by atoms with Crippen molar-refractivity contribution in [2.75, 3.05) is 0 Å². The first-order chi connectivity index (χ1) is 7.56. The third-order valence-corrected chi connectivity index (χ3v) is 1.91. The van der Waals surface area contributed by atoms with Crippen molar-refractivity contribution in [1.29, 1.82) is 0 Å². The van der Waals surface area contributed by atoms with Crippen LogP contribution in [0.2, 0.25) is 0 Å². The van der Waals surface area contributed by atoms with Crippen LogP contribution in [0.1, 0.15) is 26.3 Å². The molecule has 0 aliphatic heterocycles. The smallest absolute Gasteiger partial charge is 0.336 e. The minimum absolute atomic E-state index is 0.156. The largest absolute Gasteiger partial charge is 0.497 e. The van der Waals surface area contributed by atoms with Gasteiger partial charge in [-0.05, 0) is 17.7 Å². The highest BCUT2D eigenvalue weighted by molar-refractivity contribution is 6.01. The van der Waals surface area contributed by atoms with E-state index in [1.54, 1.807) is 0 Å². The number of rotatable bonds is 5. The molecule has 0 heterocycles. The lowest BCUT2D eigenvalue weighted by Crippen LogP contribution is -2.08. The summed E-state index contributed by atoms with van der Waals surface area (Å²) in [5.41, 5.74) is 0.0785. The molecule has 0 aliphatic rings. The molecule has 0 saturated heterocycles. The number of ether oxygens (including phenoxy) is 1. The molecule has 84 valence electrons. The van der Waals surface area contributed by atoms with Gasteiger partial charge in [0.05, 0.1) is 17.4 Å². The van der Waals surface area contributed by atoms with E-state index in [1.807, 2.05) is 0 Å². The van der Waals surface area contributed by atoms with Crippen LogP contribution in [0.15, 0.2) is 31.0 Å². The SMILES string of the molecule is C=COCc1ccc(C(=O)O)c(C(=O)O)c1. The van der Waals surface area contributed by atoms with Crippen LogP contribution in [0, 0.1) is 0 Å². The van der Waals surface area contributed by atoms with Crippen LogP contribution >= 0.6 is 0 Å². The van der Waals surface area contributed by atoms with Crippen molar-refractivity contribution < 1.29 is 24.5 Å². The fraction of sp³-hybridized carbons (Fsp3) is 0.0909. The molecule has 0 aliphatic carbocycles. The van der Waals surface area contributed by atoms with Gasteiger partial charge in [0.1, 0.15) is 6.61 Å². The second-order valence-corrected chi connectivity index (χ2v) is 2.97. The van der Waals surface area contributed by atoms with E-state index in [-0.39, 0.29) is 17.7 Å². The molecule has 0 saturated carbocycles. The number of hydrogen-bond donors (Lipinski definition) is 2. The Morgan fingerprint density at radius 2 is 1.88 bits per heavy atom. The van der Waals surface area contributed by atoms with Gasteiger partial charge in [-0.3, -0.25) is 0 Å². The predicted molar refractivity (Wildman–Crippen MR) is 55.3 cm³/mol. The molecule has 0 atom stereocenters. The Morgan fingerprint density at radius 3 is 2.38 bits per heavy atom. The summed E-state index contributed by atoms with van der Waals surface area (Å²) in [5.74, 6) is -2.55. The molecule has 5 nitrogen and oxygen atoms in total. The highest BCUT2D eigenvalue weighted by atomic mass is 16.5. The molecule has 0 bridgehead atoms. The maximum Gasteiger partial charge on any atom is 0.336 e. The summed E-state index contributed by atoms with van der Waals surface area (Å²) in [6, 6.07) is 4.02. The topological polar surface area (TPSA) is 83.8 Å². The van der Waals surface area contributed by atoms with E-state index >= 15 is 0 Å². The Bertz CT molecular complexity index is 436. The number of carboxylic acid groups (broad SMARTS) is 2. The molecule has 16 heavy (non-hydrogen) atoms. The number of carbonyl (C=O) groups is 2. The summed E-state index contributed by atoms with van der Waals surface area (Å²) < 4.78 is 4.88. The van der Waals surface area contributed by atoms with Gasteiger partial charge in [0, 0.05) is 0 Å². The molecule has 0 radical (unpaired) electrons. The summed E-state index contributed by atoms with van der Waals surface area (Å²) in [4.78, 5) is 21.6. The van der Waals surface area contributed by atoms with E-state index in [0.29, 0.717) is 5.56 Å². The molecule has 1 rings (SSSR count). The Morgan fingerprint density at radius 1 is 1.25 bits per heavy atom. The van der Waals surface area contributed by atoms with E-state index < -0.39 is 11.9 Å². The van der Waals surface area contributed by atoms with Crippen molar-refractivity contribution in [2.24, 2.45) is 0 Å². The molecule has 0 fully saturated rings. The molecule has 0 unspecified atom stereocenters. The van der Waals surface area contributed by atoms with Gasteiger partial charge in [-0.1, -0.05) is 12.6 Å². The van der Waals surface area contributed by atoms with Crippen LogP contribution in [-0.4, -0.2) is 22.2 Å². The Labute approximate surface area is 91.6 Å². The van der Waals surface area contributed by atoms with Crippen molar-refractivity contribution in [3.05, 3.63) is 47.7 Å². The zero-order valence-corrected chi connectivity index (χ0v) is 8.34. The summed E-state index contributed by atoms with van der Waals surface area (Å²) >= 11 is 0. The van der Waals surface area contributed by atoms with Gasteiger partial charge in [0.25, 0.3) is 0 Å². The lowest BCUT2D eigenvalue weighted by Gasteiger charge is -2.05. The molecule has 0 amide bonds. The molecule has 2 N–H and O–H groups in total. The quantitative estimate of drug-likeness (QED) is 0.741. The minimum Gasteiger partial charge on any atom is -0.497 e. The van der Waals surface area contributed by atoms with Gasteiger partial charge in [0.2, 0.25) is 0 Å². The van der Waals surface area contributed by atoms with E-state index in [2.05, 4.69) is 6.58 Å². The fourth-order valence-electron chi connectivity index (χ4n) is 1.20. The fourth-order valence-corrected chi connectivity index (χ4v) is 1.20. The number of hydrogen-bond acceptors (Lipinski definition) is 3.